The molecule has 6 nitrogen and oxygen atoms in total. The van der Waals surface area contributed by atoms with Gasteiger partial charge < -0.3 is 4.90 Å². The van der Waals surface area contributed by atoms with Crippen LogP contribution in [0.1, 0.15) is 33.5 Å². The van der Waals surface area contributed by atoms with E-state index in [1.54, 1.807) is 11.0 Å². The van der Waals surface area contributed by atoms with Gasteiger partial charge in [0.2, 0.25) is 0 Å². The van der Waals surface area contributed by atoms with E-state index in [4.69, 9.17) is 11.6 Å². The zero-order valence-electron chi connectivity index (χ0n) is 19.4. The Morgan fingerprint density at radius 1 is 1.06 bits per heavy atom. The molecule has 11 heteroatoms. The molecule has 1 aliphatic heterocycles. The molecule has 0 bridgehead atoms. The normalized spacial score (nSPS) is 15.1. The van der Waals surface area contributed by atoms with E-state index in [1.807, 2.05) is 37.3 Å². The van der Waals surface area contributed by atoms with Crippen molar-refractivity contribution in [1.82, 2.24) is 24.4 Å². The SMILES string of the molecule is CCc1ccc(-c2cc(C(F)(F)F)n3nc(C(=O)N4CCN(Cc5ccc(Cl)cc5)CC4)cc3n2)s1. The molecular formula is C25H23ClF3N5OS. The van der Waals surface area contributed by atoms with Crippen molar-refractivity contribution in [2.45, 2.75) is 26.1 Å². The highest BCUT2D eigenvalue weighted by Gasteiger charge is 2.36. The second-order valence-corrected chi connectivity index (χ2v) is 10.2. The van der Waals surface area contributed by atoms with Crippen LogP contribution in [0.15, 0.2) is 48.5 Å². The number of benzene rings is 1. The molecule has 0 N–H and O–H groups in total. The fourth-order valence-electron chi connectivity index (χ4n) is 4.23. The Labute approximate surface area is 214 Å². The van der Waals surface area contributed by atoms with Gasteiger partial charge in [-0.3, -0.25) is 9.69 Å². The summed E-state index contributed by atoms with van der Waals surface area (Å²) in [6, 6.07) is 13.6. The van der Waals surface area contributed by atoms with Crippen molar-refractivity contribution in [3.8, 4) is 10.6 Å². The average Bonchev–Trinajstić information content (AvgIpc) is 3.51. The van der Waals surface area contributed by atoms with Crippen LogP contribution >= 0.6 is 22.9 Å². The lowest BCUT2D eigenvalue weighted by molar-refractivity contribution is -0.142. The first-order valence-electron chi connectivity index (χ1n) is 11.5. The summed E-state index contributed by atoms with van der Waals surface area (Å²) in [5.41, 5.74) is 0.334. The number of carbonyl (C=O) groups is 1. The van der Waals surface area contributed by atoms with Gasteiger partial charge in [0, 0.05) is 48.7 Å². The molecule has 1 amide bonds. The number of hydrogen-bond acceptors (Lipinski definition) is 5. The van der Waals surface area contributed by atoms with Crippen LogP contribution in [0, 0.1) is 0 Å². The third kappa shape index (κ3) is 5.11. The van der Waals surface area contributed by atoms with E-state index in [-0.39, 0.29) is 17.0 Å². The summed E-state index contributed by atoms with van der Waals surface area (Å²) in [5.74, 6) is -0.397. The largest absolute Gasteiger partial charge is 0.433 e. The second kappa shape index (κ2) is 9.84. The van der Waals surface area contributed by atoms with Gasteiger partial charge >= 0.3 is 6.18 Å². The summed E-state index contributed by atoms with van der Waals surface area (Å²) < 4.78 is 42.4. The zero-order chi connectivity index (χ0) is 25.4. The number of thiophene rings is 1. The predicted molar refractivity (Wildman–Crippen MR) is 133 cm³/mol. The van der Waals surface area contributed by atoms with Crippen LogP contribution in [0.3, 0.4) is 0 Å². The number of hydrogen-bond donors (Lipinski definition) is 0. The van der Waals surface area contributed by atoms with Gasteiger partial charge in [-0.05, 0) is 42.3 Å². The van der Waals surface area contributed by atoms with E-state index < -0.39 is 17.8 Å². The van der Waals surface area contributed by atoms with Gasteiger partial charge in [-0.25, -0.2) is 9.50 Å². The maximum atomic E-state index is 13.9. The third-order valence-electron chi connectivity index (χ3n) is 6.18. The van der Waals surface area contributed by atoms with E-state index in [2.05, 4.69) is 15.0 Å². The topological polar surface area (TPSA) is 53.7 Å². The van der Waals surface area contributed by atoms with E-state index in [1.165, 1.54) is 17.4 Å². The van der Waals surface area contributed by atoms with Gasteiger partial charge in [-0.1, -0.05) is 30.7 Å². The lowest BCUT2D eigenvalue weighted by atomic mass is 10.2. The molecule has 5 rings (SSSR count). The Morgan fingerprint density at radius 3 is 2.42 bits per heavy atom. The molecule has 1 saturated heterocycles. The van der Waals surface area contributed by atoms with E-state index in [9.17, 15) is 18.0 Å². The fraction of sp³-hybridized carbons (Fsp3) is 0.320. The highest BCUT2D eigenvalue weighted by atomic mass is 35.5. The van der Waals surface area contributed by atoms with Crippen molar-refractivity contribution in [2.75, 3.05) is 26.2 Å². The smallest absolute Gasteiger partial charge is 0.335 e. The summed E-state index contributed by atoms with van der Waals surface area (Å²) in [4.78, 5) is 23.1. The van der Waals surface area contributed by atoms with Crippen molar-refractivity contribution in [3.63, 3.8) is 0 Å². The molecule has 188 valence electrons. The molecule has 0 radical (unpaired) electrons. The van der Waals surface area contributed by atoms with Crippen molar-refractivity contribution >= 4 is 34.5 Å². The summed E-state index contributed by atoms with van der Waals surface area (Å²) in [5, 5.41) is 4.70. The number of alkyl halides is 3. The minimum absolute atomic E-state index is 0.00371. The fourth-order valence-corrected chi connectivity index (χ4v) is 5.27. The third-order valence-corrected chi connectivity index (χ3v) is 7.68. The Bertz CT molecular complexity index is 1390. The Kier molecular flexibility index (Phi) is 6.76. The van der Waals surface area contributed by atoms with Crippen LogP contribution in [-0.2, 0) is 19.1 Å². The van der Waals surface area contributed by atoms with Crippen LogP contribution in [0.25, 0.3) is 16.2 Å². The van der Waals surface area contributed by atoms with Crippen molar-refractivity contribution in [3.05, 3.63) is 75.4 Å². The van der Waals surface area contributed by atoms with Gasteiger partial charge in [0.05, 0.1) is 10.6 Å². The molecule has 1 fully saturated rings. The lowest BCUT2D eigenvalue weighted by Gasteiger charge is -2.34. The number of aromatic nitrogens is 3. The average molecular weight is 534 g/mol. The Morgan fingerprint density at radius 2 is 1.78 bits per heavy atom. The Hall–Kier alpha value is -2.95. The highest BCUT2D eigenvalue weighted by molar-refractivity contribution is 7.15. The minimum atomic E-state index is -4.65. The van der Waals surface area contributed by atoms with Crippen LogP contribution in [0.2, 0.25) is 5.02 Å². The van der Waals surface area contributed by atoms with Crippen molar-refractivity contribution in [1.29, 1.82) is 0 Å². The van der Waals surface area contributed by atoms with Gasteiger partial charge in [0.15, 0.2) is 17.0 Å². The molecule has 0 unspecified atom stereocenters. The molecule has 3 aromatic heterocycles. The maximum absolute atomic E-state index is 13.9. The first-order valence-corrected chi connectivity index (χ1v) is 12.7. The summed E-state index contributed by atoms with van der Waals surface area (Å²) in [7, 11) is 0. The van der Waals surface area contributed by atoms with Gasteiger partial charge in [0.25, 0.3) is 5.91 Å². The monoisotopic (exact) mass is 533 g/mol. The number of carbonyl (C=O) groups excluding carboxylic acids is 1. The Balaban J connectivity index is 1.36. The van der Waals surface area contributed by atoms with Crippen LogP contribution in [0.5, 0.6) is 0 Å². The van der Waals surface area contributed by atoms with Crippen molar-refractivity contribution in [2.24, 2.45) is 0 Å². The molecule has 4 aromatic rings. The van der Waals surface area contributed by atoms with Crippen LogP contribution in [-0.4, -0.2) is 56.5 Å². The number of nitrogens with zero attached hydrogens (tertiary/aromatic N) is 5. The van der Waals surface area contributed by atoms with E-state index >= 15 is 0 Å². The van der Waals surface area contributed by atoms with Crippen LogP contribution in [0.4, 0.5) is 13.2 Å². The number of rotatable bonds is 5. The number of fused-ring (bicyclic) bond motifs is 1. The van der Waals surface area contributed by atoms with E-state index in [0.29, 0.717) is 36.1 Å². The first kappa shape index (κ1) is 24.7. The van der Waals surface area contributed by atoms with Gasteiger partial charge in [-0.2, -0.15) is 18.3 Å². The lowest BCUT2D eigenvalue weighted by Crippen LogP contribution is -2.48. The molecular weight excluding hydrogens is 511 g/mol. The number of halogens is 4. The van der Waals surface area contributed by atoms with Gasteiger partial charge in [0.1, 0.15) is 0 Å². The quantitative estimate of drug-likeness (QED) is 0.333. The minimum Gasteiger partial charge on any atom is -0.335 e. The summed E-state index contributed by atoms with van der Waals surface area (Å²) in [6.45, 7) is 4.93. The number of amides is 1. The maximum Gasteiger partial charge on any atom is 0.433 e. The molecule has 0 saturated carbocycles. The summed E-state index contributed by atoms with van der Waals surface area (Å²) >= 11 is 7.35. The molecule has 0 spiro atoms. The van der Waals surface area contributed by atoms with E-state index in [0.717, 1.165) is 34.0 Å². The summed E-state index contributed by atoms with van der Waals surface area (Å²) in [6.07, 6.45) is -3.86. The van der Waals surface area contributed by atoms with Crippen molar-refractivity contribution < 1.29 is 18.0 Å². The van der Waals surface area contributed by atoms with Gasteiger partial charge in [-0.15, -0.1) is 11.3 Å². The molecule has 1 aliphatic rings. The standard InChI is InChI=1S/C25H23ClF3N5OS/c1-2-18-7-8-21(36-18)19-13-22(25(27,28)29)34-23(30-19)14-20(31-34)24(35)33-11-9-32(10-12-33)15-16-3-5-17(26)6-4-16/h3-8,13-14H,2,9-12,15H2,1H3. The molecule has 1 aromatic carbocycles. The predicted octanol–water partition coefficient (Wildman–Crippen LogP) is 5.65. The molecule has 0 atom stereocenters. The zero-order valence-corrected chi connectivity index (χ0v) is 21.0. The van der Waals surface area contributed by atoms with Crippen LogP contribution < -0.4 is 0 Å². The number of aryl methyl sites for hydroxylation is 1. The molecule has 36 heavy (non-hydrogen) atoms. The highest BCUT2D eigenvalue weighted by Crippen LogP contribution is 2.34. The number of piperazine rings is 1. The first-order chi connectivity index (χ1) is 17.2. The second-order valence-electron chi connectivity index (χ2n) is 8.64. The molecule has 4 heterocycles. The molecule has 0 aliphatic carbocycles.